The number of hydrogen-bond acceptors (Lipinski definition) is 0. The fourth-order valence-corrected chi connectivity index (χ4v) is 2.04. The fraction of sp³-hybridized carbons (Fsp3) is 0.500. The van der Waals surface area contributed by atoms with Crippen molar-refractivity contribution in [2.75, 3.05) is 5.88 Å². The quantitative estimate of drug-likeness (QED) is 0.638. The Balaban J connectivity index is 2.78. The van der Waals surface area contributed by atoms with Crippen LogP contribution in [0.4, 0.5) is 0 Å². The molecule has 0 N–H and O–H groups in total. The van der Waals surface area contributed by atoms with Crippen molar-refractivity contribution in [2.45, 2.75) is 26.2 Å². The van der Waals surface area contributed by atoms with Crippen LogP contribution in [0.2, 0.25) is 0 Å². The molecule has 0 heterocycles. The summed E-state index contributed by atoms with van der Waals surface area (Å²) in [5.74, 6) is 1.90. The second-order valence-corrected chi connectivity index (χ2v) is 3.87. The Bertz CT molecular complexity index is 230. The highest BCUT2D eigenvalue weighted by molar-refractivity contribution is 6.18. The zero-order valence-corrected chi connectivity index (χ0v) is 9.09. The minimum absolute atomic E-state index is 0.507. The molecule has 0 aromatic heterocycles. The van der Waals surface area contributed by atoms with E-state index in [9.17, 15) is 0 Å². The fourth-order valence-electron chi connectivity index (χ4n) is 1.55. The number of alkyl halides is 1. The highest BCUT2D eigenvalue weighted by Gasteiger charge is 2.15. The van der Waals surface area contributed by atoms with Gasteiger partial charge in [0.1, 0.15) is 0 Å². The minimum atomic E-state index is 0.507. The first-order chi connectivity index (χ1) is 6.29. The van der Waals surface area contributed by atoms with Crippen LogP contribution in [0.3, 0.4) is 0 Å². The molecule has 2 atom stereocenters. The van der Waals surface area contributed by atoms with Gasteiger partial charge in [-0.15, -0.1) is 11.6 Å². The molecule has 1 heteroatoms. The van der Waals surface area contributed by atoms with Gasteiger partial charge in [-0.1, -0.05) is 50.6 Å². The van der Waals surface area contributed by atoms with E-state index >= 15 is 0 Å². The topological polar surface area (TPSA) is 0 Å². The van der Waals surface area contributed by atoms with Gasteiger partial charge in [-0.25, -0.2) is 0 Å². The summed E-state index contributed by atoms with van der Waals surface area (Å²) in [6.07, 6.45) is 1.19. The van der Waals surface area contributed by atoms with Gasteiger partial charge in [-0.05, 0) is 17.4 Å². The molecule has 0 aliphatic carbocycles. The predicted molar refractivity (Wildman–Crippen MR) is 59.4 cm³/mol. The smallest absolute Gasteiger partial charge is 0.0294 e. The molecule has 0 bridgehead atoms. The highest BCUT2D eigenvalue weighted by Crippen LogP contribution is 2.27. The van der Waals surface area contributed by atoms with E-state index in [-0.39, 0.29) is 0 Å². The molecule has 72 valence electrons. The van der Waals surface area contributed by atoms with E-state index in [1.165, 1.54) is 12.0 Å². The van der Waals surface area contributed by atoms with Crippen LogP contribution < -0.4 is 0 Å². The third kappa shape index (κ3) is 2.73. The van der Waals surface area contributed by atoms with E-state index in [2.05, 4.69) is 38.1 Å². The van der Waals surface area contributed by atoms with Crippen molar-refractivity contribution >= 4 is 11.6 Å². The van der Waals surface area contributed by atoms with E-state index in [0.29, 0.717) is 11.8 Å². The molecule has 0 spiro atoms. The van der Waals surface area contributed by atoms with Gasteiger partial charge < -0.3 is 0 Å². The van der Waals surface area contributed by atoms with Crippen molar-refractivity contribution < 1.29 is 0 Å². The number of hydrogen-bond donors (Lipinski definition) is 0. The van der Waals surface area contributed by atoms with Gasteiger partial charge in [-0.2, -0.15) is 0 Å². The van der Waals surface area contributed by atoms with Crippen LogP contribution in [0.1, 0.15) is 31.7 Å². The van der Waals surface area contributed by atoms with Crippen molar-refractivity contribution in [3.8, 4) is 0 Å². The number of halogens is 1. The molecule has 0 fully saturated rings. The standard InChI is InChI=1S/C12H17Cl/c1-3-10(2)12(9-13)11-7-5-4-6-8-11/h4-8,10,12H,3,9H2,1-2H3. The Morgan fingerprint density at radius 3 is 2.31 bits per heavy atom. The van der Waals surface area contributed by atoms with E-state index < -0.39 is 0 Å². The molecular weight excluding hydrogens is 180 g/mol. The zero-order chi connectivity index (χ0) is 9.68. The molecule has 0 aliphatic heterocycles. The Labute approximate surface area is 85.9 Å². The lowest BCUT2D eigenvalue weighted by Crippen LogP contribution is -2.10. The maximum atomic E-state index is 5.98. The number of rotatable bonds is 4. The summed E-state index contributed by atoms with van der Waals surface area (Å²) in [7, 11) is 0. The summed E-state index contributed by atoms with van der Waals surface area (Å²) in [6.45, 7) is 4.48. The Morgan fingerprint density at radius 2 is 1.85 bits per heavy atom. The van der Waals surface area contributed by atoms with Gasteiger partial charge in [-0.3, -0.25) is 0 Å². The Kier molecular flexibility index (Phi) is 4.31. The molecule has 0 radical (unpaired) electrons. The zero-order valence-electron chi connectivity index (χ0n) is 8.33. The Morgan fingerprint density at radius 1 is 1.23 bits per heavy atom. The first kappa shape index (κ1) is 10.6. The molecular formula is C12H17Cl. The van der Waals surface area contributed by atoms with Crippen molar-refractivity contribution in [3.05, 3.63) is 35.9 Å². The summed E-state index contributed by atoms with van der Waals surface area (Å²) in [5.41, 5.74) is 1.37. The summed E-state index contributed by atoms with van der Waals surface area (Å²) < 4.78 is 0. The molecule has 0 saturated carbocycles. The molecule has 0 amide bonds. The van der Waals surface area contributed by atoms with Crippen LogP contribution in [0.15, 0.2) is 30.3 Å². The van der Waals surface area contributed by atoms with Crippen molar-refractivity contribution in [1.29, 1.82) is 0 Å². The molecule has 1 aromatic carbocycles. The molecule has 2 unspecified atom stereocenters. The van der Waals surface area contributed by atoms with E-state index in [1.54, 1.807) is 0 Å². The van der Waals surface area contributed by atoms with Crippen LogP contribution in [0.5, 0.6) is 0 Å². The summed E-state index contributed by atoms with van der Waals surface area (Å²) >= 11 is 5.98. The molecule has 0 saturated heterocycles. The first-order valence-corrected chi connectivity index (χ1v) is 5.44. The van der Waals surface area contributed by atoms with Crippen LogP contribution in [0, 0.1) is 5.92 Å². The second-order valence-electron chi connectivity index (χ2n) is 3.56. The van der Waals surface area contributed by atoms with Crippen molar-refractivity contribution in [1.82, 2.24) is 0 Å². The molecule has 0 aliphatic rings. The maximum Gasteiger partial charge on any atom is 0.0294 e. The molecule has 1 aromatic rings. The molecule has 0 nitrogen and oxygen atoms in total. The highest BCUT2D eigenvalue weighted by atomic mass is 35.5. The third-order valence-electron chi connectivity index (χ3n) is 2.72. The first-order valence-electron chi connectivity index (χ1n) is 4.90. The van der Waals surface area contributed by atoms with Crippen LogP contribution in [0.25, 0.3) is 0 Å². The number of benzene rings is 1. The van der Waals surface area contributed by atoms with Gasteiger partial charge in [0, 0.05) is 5.88 Å². The maximum absolute atomic E-state index is 5.98. The monoisotopic (exact) mass is 196 g/mol. The molecule has 13 heavy (non-hydrogen) atoms. The van der Waals surface area contributed by atoms with Crippen LogP contribution in [-0.4, -0.2) is 5.88 Å². The lowest BCUT2D eigenvalue weighted by Gasteiger charge is -2.20. The van der Waals surface area contributed by atoms with Crippen molar-refractivity contribution in [3.63, 3.8) is 0 Å². The average Bonchev–Trinajstić information content (AvgIpc) is 2.20. The largest absolute Gasteiger partial charge is 0.126 e. The van der Waals surface area contributed by atoms with E-state index in [4.69, 9.17) is 11.6 Å². The van der Waals surface area contributed by atoms with Gasteiger partial charge in [0.2, 0.25) is 0 Å². The summed E-state index contributed by atoms with van der Waals surface area (Å²) in [5, 5.41) is 0. The third-order valence-corrected chi connectivity index (χ3v) is 3.06. The summed E-state index contributed by atoms with van der Waals surface area (Å²) in [4.78, 5) is 0. The normalized spacial score (nSPS) is 15.3. The summed E-state index contributed by atoms with van der Waals surface area (Å²) in [6, 6.07) is 10.5. The van der Waals surface area contributed by atoms with Crippen LogP contribution in [-0.2, 0) is 0 Å². The second kappa shape index (κ2) is 5.29. The van der Waals surface area contributed by atoms with Gasteiger partial charge in [0.05, 0.1) is 0 Å². The minimum Gasteiger partial charge on any atom is -0.126 e. The van der Waals surface area contributed by atoms with Crippen LogP contribution >= 0.6 is 11.6 Å². The van der Waals surface area contributed by atoms with Gasteiger partial charge >= 0.3 is 0 Å². The predicted octanol–water partition coefficient (Wildman–Crippen LogP) is 4.06. The Hall–Kier alpha value is -0.490. The van der Waals surface area contributed by atoms with Crippen molar-refractivity contribution in [2.24, 2.45) is 5.92 Å². The lowest BCUT2D eigenvalue weighted by atomic mass is 9.87. The van der Waals surface area contributed by atoms with Gasteiger partial charge in [0.25, 0.3) is 0 Å². The van der Waals surface area contributed by atoms with E-state index in [0.717, 1.165) is 5.88 Å². The van der Waals surface area contributed by atoms with Gasteiger partial charge in [0.15, 0.2) is 0 Å². The SMILES string of the molecule is CCC(C)C(CCl)c1ccccc1. The molecule has 1 rings (SSSR count). The lowest BCUT2D eigenvalue weighted by molar-refractivity contribution is 0.477. The average molecular weight is 197 g/mol. The van der Waals surface area contributed by atoms with E-state index in [1.807, 2.05) is 6.07 Å².